The molecule has 1 amide bonds. The minimum absolute atomic E-state index is 0.0541. The summed E-state index contributed by atoms with van der Waals surface area (Å²) in [6.45, 7) is 1.81. The molecular formula is C12H13N2O. The molecule has 1 aromatic carbocycles. The lowest BCUT2D eigenvalue weighted by molar-refractivity contribution is -0.118. The lowest BCUT2D eigenvalue weighted by Gasteiger charge is -2.05. The van der Waals surface area contributed by atoms with Gasteiger partial charge in [-0.05, 0) is 24.4 Å². The molecule has 0 aliphatic carbocycles. The zero-order chi connectivity index (χ0) is 10.8. The van der Waals surface area contributed by atoms with Crippen LogP contribution in [0, 0.1) is 5.92 Å². The molecule has 1 aromatic heterocycles. The summed E-state index contributed by atoms with van der Waals surface area (Å²) in [5, 5.41) is 3.73. The van der Waals surface area contributed by atoms with Crippen molar-refractivity contribution in [2.45, 2.75) is 6.92 Å². The molecular weight excluding hydrogens is 188 g/mol. The van der Waals surface area contributed by atoms with Crippen LogP contribution < -0.4 is 5.32 Å². The van der Waals surface area contributed by atoms with E-state index in [0.29, 0.717) is 5.92 Å². The third kappa shape index (κ3) is 1.73. The van der Waals surface area contributed by atoms with E-state index in [4.69, 9.17) is 0 Å². The normalized spacial score (nSPS) is 10.9. The second-order valence-electron chi connectivity index (χ2n) is 3.47. The van der Waals surface area contributed by atoms with Crippen LogP contribution in [0.2, 0.25) is 0 Å². The van der Waals surface area contributed by atoms with Crippen LogP contribution in [0.4, 0.5) is 0 Å². The van der Waals surface area contributed by atoms with Gasteiger partial charge in [0, 0.05) is 18.3 Å². The number of H-pyrrole nitrogens is 1. The summed E-state index contributed by atoms with van der Waals surface area (Å²) in [7, 11) is 1.63. The van der Waals surface area contributed by atoms with Crippen LogP contribution in [-0.4, -0.2) is 17.9 Å². The van der Waals surface area contributed by atoms with Crippen molar-refractivity contribution in [2.24, 2.45) is 0 Å². The van der Waals surface area contributed by atoms with Crippen molar-refractivity contribution >= 4 is 16.8 Å². The van der Waals surface area contributed by atoms with Gasteiger partial charge in [-0.3, -0.25) is 4.79 Å². The Kier molecular flexibility index (Phi) is 2.46. The van der Waals surface area contributed by atoms with Crippen molar-refractivity contribution in [3.05, 3.63) is 41.9 Å². The Hall–Kier alpha value is -1.77. The van der Waals surface area contributed by atoms with E-state index < -0.39 is 0 Å². The van der Waals surface area contributed by atoms with Crippen LogP contribution in [-0.2, 0) is 4.79 Å². The molecule has 15 heavy (non-hydrogen) atoms. The first-order valence-corrected chi connectivity index (χ1v) is 4.86. The first kappa shape index (κ1) is 9.77. The lowest BCUT2D eigenvalue weighted by atomic mass is 10.1. The molecule has 2 aromatic rings. The second kappa shape index (κ2) is 3.77. The van der Waals surface area contributed by atoms with Crippen LogP contribution in [0.5, 0.6) is 0 Å². The molecule has 3 heteroatoms. The molecule has 1 heterocycles. The van der Waals surface area contributed by atoms with E-state index in [1.54, 1.807) is 7.05 Å². The number of amides is 1. The van der Waals surface area contributed by atoms with Crippen molar-refractivity contribution in [3.8, 4) is 0 Å². The van der Waals surface area contributed by atoms with Gasteiger partial charge < -0.3 is 10.3 Å². The lowest BCUT2D eigenvalue weighted by Crippen LogP contribution is -2.24. The highest BCUT2D eigenvalue weighted by molar-refractivity contribution is 5.94. The van der Waals surface area contributed by atoms with E-state index in [-0.39, 0.29) is 5.91 Å². The first-order valence-electron chi connectivity index (χ1n) is 4.86. The Morgan fingerprint density at radius 2 is 2.07 bits per heavy atom. The van der Waals surface area contributed by atoms with Gasteiger partial charge in [0.25, 0.3) is 0 Å². The molecule has 2 rings (SSSR count). The van der Waals surface area contributed by atoms with Crippen LogP contribution >= 0.6 is 0 Å². The summed E-state index contributed by atoms with van der Waals surface area (Å²) in [5.74, 6) is 0.648. The van der Waals surface area contributed by atoms with Gasteiger partial charge in [0.15, 0.2) is 0 Å². The summed E-state index contributed by atoms with van der Waals surface area (Å²) in [5.41, 5.74) is 1.92. The maximum Gasteiger partial charge on any atom is 0.233 e. The number of hydrogen-bond donors (Lipinski definition) is 2. The molecule has 0 aliphatic heterocycles. The van der Waals surface area contributed by atoms with Gasteiger partial charge >= 0.3 is 0 Å². The van der Waals surface area contributed by atoms with Crippen LogP contribution in [0.15, 0.2) is 30.3 Å². The molecule has 1 radical (unpaired) electrons. The maximum atomic E-state index is 11.4. The molecule has 0 atom stereocenters. The molecule has 0 saturated heterocycles. The predicted octanol–water partition coefficient (Wildman–Crippen LogP) is 1.86. The van der Waals surface area contributed by atoms with Gasteiger partial charge in [-0.2, -0.15) is 0 Å². The fourth-order valence-corrected chi connectivity index (χ4v) is 1.59. The number of para-hydroxylation sites is 1. The number of benzene rings is 1. The van der Waals surface area contributed by atoms with Gasteiger partial charge in [-0.1, -0.05) is 18.2 Å². The standard InChI is InChI=1S/C12H13N2O/c1-8(12(15)13-2)11-7-9-5-3-4-6-10(9)14-11/h3-7,14H,1-2H3,(H,13,15). The summed E-state index contributed by atoms with van der Waals surface area (Å²) in [6, 6.07) is 9.95. The second-order valence-corrected chi connectivity index (χ2v) is 3.47. The van der Waals surface area contributed by atoms with Crippen molar-refractivity contribution < 1.29 is 4.79 Å². The fraction of sp³-hybridized carbons (Fsp3) is 0.167. The predicted molar refractivity (Wildman–Crippen MR) is 60.4 cm³/mol. The Labute approximate surface area is 88.5 Å². The highest BCUT2D eigenvalue weighted by Crippen LogP contribution is 2.20. The van der Waals surface area contributed by atoms with Crippen molar-refractivity contribution in [2.75, 3.05) is 7.05 Å². The SMILES string of the molecule is CNC(=O)[C](C)c1cc2ccccc2[nH]1. The summed E-state index contributed by atoms with van der Waals surface area (Å²) in [6.07, 6.45) is 0. The maximum absolute atomic E-state index is 11.4. The van der Waals surface area contributed by atoms with Gasteiger partial charge in [0.2, 0.25) is 5.91 Å². The van der Waals surface area contributed by atoms with Crippen molar-refractivity contribution in [1.29, 1.82) is 0 Å². The number of carbonyl (C=O) groups is 1. The number of nitrogens with one attached hydrogen (secondary N) is 2. The van der Waals surface area contributed by atoms with Crippen LogP contribution in [0.3, 0.4) is 0 Å². The first-order chi connectivity index (χ1) is 7.22. The third-order valence-electron chi connectivity index (χ3n) is 2.50. The summed E-state index contributed by atoms with van der Waals surface area (Å²) in [4.78, 5) is 14.6. The van der Waals surface area contributed by atoms with E-state index in [2.05, 4.69) is 10.3 Å². The monoisotopic (exact) mass is 201 g/mol. The van der Waals surface area contributed by atoms with Gasteiger partial charge in [0.05, 0.1) is 0 Å². The zero-order valence-electron chi connectivity index (χ0n) is 8.79. The molecule has 0 unspecified atom stereocenters. The number of hydrogen-bond acceptors (Lipinski definition) is 1. The zero-order valence-corrected chi connectivity index (χ0v) is 8.79. The topological polar surface area (TPSA) is 44.9 Å². The molecule has 2 N–H and O–H groups in total. The third-order valence-corrected chi connectivity index (χ3v) is 2.50. The smallest absolute Gasteiger partial charge is 0.233 e. The number of carbonyl (C=O) groups excluding carboxylic acids is 1. The Bertz CT molecular complexity index is 454. The van der Waals surface area contributed by atoms with Crippen molar-refractivity contribution in [3.63, 3.8) is 0 Å². The van der Waals surface area contributed by atoms with Crippen molar-refractivity contribution in [1.82, 2.24) is 10.3 Å². The summed E-state index contributed by atoms with van der Waals surface area (Å²) >= 11 is 0. The quantitative estimate of drug-likeness (QED) is 0.765. The molecule has 0 saturated carbocycles. The molecule has 3 nitrogen and oxygen atoms in total. The molecule has 0 spiro atoms. The molecule has 77 valence electrons. The van der Waals surface area contributed by atoms with Crippen LogP contribution in [0.1, 0.15) is 12.6 Å². The molecule has 0 bridgehead atoms. The van der Waals surface area contributed by atoms with Gasteiger partial charge in [0.1, 0.15) is 5.92 Å². The molecule has 0 fully saturated rings. The van der Waals surface area contributed by atoms with E-state index in [1.165, 1.54) is 0 Å². The van der Waals surface area contributed by atoms with E-state index in [1.807, 2.05) is 37.3 Å². The fourth-order valence-electron chi connectivity index (χ4n) is 1.59. The Balaban J connectivity index is 2.40. The van der Waals surface area contributed by atoms with E-state index in [9.17, 15) is 4.79 Å². The Morgan fingerprint density at radius 3 is 2.73 bits per heavy atom. The minimum atomic E-state index is -0.0541. The number of fused-ring (bicyclic) bond motifs is 1. The van der Waals surface area contributed by atoms with Gasteiger partial charge in [-0.15, -0.1) is 0 Å². The number of likely N-dealkylation sites (N-methyl/N-ethyl adjacent to an activating group) is 1. The van der Waals surface area contributed by atoms with E-state index >= 15 is 0 Å². The number of aromatic amines is 1. The van der Waals surface area contributed by atoms with Gasteiger partial charge in [-0.25, -0.2) is 0 Å². The number of aromatic nitrogens is 1. The highest BCUT2D eigenvalue weighted by atomic mass is 16.1. The largest absolute Gasteiger partial charge is 0.358 e. The summed E-state index contributed by atoms with van der Waals surface area (Å²) < 4.78 is 0. The number of rotatable bonds is 2. The Morgan fingerprint density at radius 1 is 1.33 bits per heavy atom. The average Bonchev–Trinajstić information content (AvgIpc) is 2.70. The minimum Gasteiger partial charge on any atom is -0.358 e. The highest BCUT2D eigenvalue weighted by Gasteiger charge is 2.16. The molecule has 0 aliphatic rings. The average molecular weight is 201 g/mol. The van der Waals surface area contributed by atoms with E-state index in [0.717, 1.165) is 16.6 Å². The van der Waals surface area contributed by atoms with Crippen LogP contribution in [0.25, 0.3) is 10.9 Å².